The monoisotopic (exact) mass is 327 g/mol. The molecule has 1 amide bonds. The molecule has 3 nitrogen and oxygen atoms in total. The van der Waals surface area contributed by atoms with E-state index in [0.717, 1.165) is 44.3 Å². The zero-order valence-electron chi connectivity index (χ0n) is 14.7. The highest BCUT2D eigenvalue weighted by Gasteiger charge is 2.35. The highest BCUT2D eigenvalue weighted by molar-refractivity contribution is 5.50. The van der Waals surface area contributed by atoms with E-state index in [9.17, 15) is 4.79 Å². The van der Waals surface area contributed by atoms with Gasteiger partial charge in [-0.3, -0.25) is 4.79 Å². The van der Waals surface area contributed by atoms with Gasteiger partial charge in [-0.1, -0.05) is 31.4 Å². The van der Waals surface area contributed by atoms with Gasteiger partial charge in [-0.2, -0.15) is 0 Å². The lowest BCUT2D eigenvalue weighted by molar-refractivity contribution is -0.124. The lowest BCUT2D eigenvalue weighted by Gasteiger charge is -2.44. The maximum absolute atomic E-state index is 11.9. The SMILES string of the molecule is C=CCC1c2ccc(OC)cc2CCC1N(C=O)C1CCCCC1. The molecule has 0 aliphatic heterocycles. The van der Waals surface area contributed by atoms with E-state index in [1.165, 1.54) is 30.4 Å². The normalized spacial score (nSPS) is 24.0. The Balaban J connectivity index is 1.89. The Labute approximate surface area is 145 Å². The van der Waals surface area contributed by atoms with Crippen LogP contribution in [0.3, 0.4) is 0 Å². The van der Waals surface area contributed by atoms with Crippen LogP contribution in [0.1, 0.15) is 62.0 Å². The van der Waals surface area contributed by atoms with Gasteiger partial charge in [0.1, 0.15) is 5.75 Å². The van der Waals surface area contributed by atoms with Crippen molar-refractivity contribution in [2.45, 2.75) is 69.4 Å². The van der Waals surface area contributed by atoms with Gasteiger partial charge in [-0.15, -0.1) is 6.58 Å². The van der Waals surface area contributed by atoms with Crippen LogP contribution in [0, 0.1) is 0 Å². The highest BCUT2D eigenvalue weighted by Crippen LogP contribution is 2.40. The Morgan fingerprint density at radius 1 is 1.25 bits per heavy atom. The van der Waals surface area contributed by atoms with E-state index in [2.05, 4.69) is 23.6 Å². The van der Waals surface area contributed by atoms with Gasteiger partial charge in [0.25, 0.3) is 0 Å². The minimum Gasteiger partial charge on any atom is -0.497 e. The Bertz CT molecular complexity index is 577. The summed E-state index contributed by atoms with van der Waals surface area (Å²) < 4.78 is 5.38. The van der Waals surface area contributed by atoms with Crippen molar-refractivity contribution in [3.63, 3.8) is 0 Å². The van der Waals surface area contributed by atoms with Crippen LogP contribution < -0.4 is 4.74 Å². The molecule has 0 spiro atoms. The van der Waals surface area contributed by atoms with Crippen molar-refractivity contribution in [3.05, 3.63) is 42.0 Å². The molecule has 0 N–H and O–H groups in total. The predicted octanol–water partition coefficient (Wildman–Crippen LogP) is 4.46. The molecular weight excluding hydrogens is 298 g/mol. The quantitative estimate of drug-likeness (QED) is 0.570. The summed E-state index contributed by atoms with van der Waals surface area (Å²) in [4.78, 5) is 14.1. The molecule has 0 bridgehead atoms. The topological polar surface area (TPSA) is 29.5 Å². The number of benzene rings is 1. The van der Waals surface area contributed by atoms with Gasteiger partial charge in [0.2, 0.25) is 6.41 Å². The summed E-state index contributed by atoms with van der Waals surface area (Å²) in [5.74, 6) is 1.27. The van der Waals surface area contributed by atoms with E-state index >= 15 is 0 Å². The van der Waals surface area contributed by atoms with E-state index < -0.39 is 0 Å². The molecule has 2 atom stereocenters. The van der Waals surface area contributed by atoms with E-state index in [1.54, 1.807) is 7.11 Å². The number of carbonyl (C=O) groups excluding carboxylic acids is 1. The number of methoxy groups -OCH3 is 1. The van der Waals surface area contributed by atoms with Gasteiger partial charge in [-0.25, -0.2) is 0 Å². The molecule has 2 unspecified atom stereocenters. The maximum Gasteiger partial charge on any atom is 0.210 e. The number of fused-ring (bicyclic) bond motifs is 1. The van der Waals surface area contributed by atoms with E-state index in [4.69, 9.17) is 4.74 Å². The lowest BCUT2D eigenvalue weighted by Crippen LogP contribution is -2.47. The molecule has 2 aliphatic rings. The summed E-state index contributed by atoms with van der Waals surface area (Å²) in [7, 11) is 1.71. The van der Waals surface area contributed by atoms with Gasteiger partial charge in [0.15, 0.2) is 0 Å². The van der Waals surface area contributed by atoms with Crippen molar-refractivity contribution >= 4 is 6.41 Å². The molecule has 24 heavy (non-hydrogen) atoms. The van der Waals surface area contributed by atoms with E-state index in [0.29, 0.717) is 18.0 Å². The fourth-order valence-corrected chi connectivity index (χ4v) is 4.63. The third kappa shape index (κ3) is 3.35. The molecular formula is C21H29NO2. The summed E-state index contributed by atoms with van der Waals surface area (Å²) in [6.07, 6.45) is 12.2. The fraction of sp³-hybridized carbons (Fsp3) is 0.571. The van der Waals surface area contributed by atoms with Gasteiger partial charge < -0.3 is 9.64 Å². The first-order valence-corrected chi connectivity index (χ1v) is 9.29. The number of nitrogens with zero attached hydrogens (tertiary/aromatic N) is 1. The predicted molar refractivity (Wildman–Crippen MR) is 97.4 cm³/mol. The summed E-state index contributed by atoms with van der Waals surface area (Å²) >= 11 is 0. The van der Waals surface area contributed by atoms with Crippen molar-refractivity contribution in [1.29, 1.82) is 0 Å². The van der Waals surface area contributed by atoms with Crippen molar-refractivity contribution in [2.24, 2.45) is 0 Å². The molecule has 2 aliphatic carbocycles. The third-order valence-electron chi connectivity index (χ3n) is 5.85. The van der Waals surface area contributed by atoms with Crippen LogP contribution in [-0.2, 0) is 11.2 Å². The highest BCUT2D eigenvalue weighted by atomic mass is 16.5. The summed E-state index contributed by atoms with van der Waals surface area (Å²) in [6, 6.07) is 7.12. The number of hydrogen-bond acceptors (Lipinski definition) is 2. The van der Waals surface area contributed by atoms with Crippen LogP contribution in [0.2, 0.25) is 0 Å². The molecule has 130 valence electrons. The Kier molecular flexibility index (Phi) is 5.60. The average Bonchev–Trinajstić information content (AvgIpc) is 2.64. The van der Waals surface area contributed by atoms with Crippen molar-refractivity contribution in [1.82, 2.24) is 4.90 Å². The van der Waals surface area contributed by atoms with Crippen molar-refractivity contribution < 1.29 is 9.53 Å². The molecule has 0 saturated heterocycles. The summed E-state index contributed by atoms with van der Waals surface area (Å²) in [5.41, 5.74) is 2.74. The standard InChI is InChI=1S/C21H29NO2/c1-3-7-20-19-12-11-18(24-2)14-16(19)10-13-21(20)22(15-23)17-8-5-4-6-9-17/h3,11-12,14-15,17,20-21H,1,4-10,13H2,2H3. The minimum absolute atomic E-state index is 0.296. The van der Waals surface area contributed by atoms with Crippen molar-refractivity contribution in [2.75, 3.05) is 7.11 Å². The number of allylic oxidation sites excluding steroid dienone is 1. The summed E-state index contributed by atoms with van der Waals surface area (Å²) in [5, 5.41) is 0. The second-order valence-corrected chi connectivity index (χ2v) is 7.15. The number of hydrogen-bond donors (Lipinski definition) is 0. The molecule has 3 rings (SSSR count). The Morgan fingerprint density at radius 2 is 2.04 bits per heavy atom. The minimum atomic E-state index is 0.296. The Hall–Kier alpha value is -1.77. The lowest BCUT2D eigenvalue weighted by atomic mass is 9.76. The van der Waals surface area contributed by atoms with Crippen LogP contribution in [0.25, 0.3) is 0 Å². The van der Waals surface area contributed by atoms with Crippen molar-refractivity contribution in [3.8, 4) is 5.75 Å². The largest absolute Gasteiger partial charge is 0.497 e. The van der Waals surface area contributed by atoms with E-state index in [1.807, 2.05) is 12.1 Å². The molecule has 1 aromatic rings. The molecule has 0 heterocycles. The second-order valence-electron chi connectivity index (χ2n) is 7.15. The smallest absolute Gasteiger partial charge is 0.210 e. The number of aryl methyl sites for hydroxylation is 1. The molecule has 3 heteroatoms. The van der Waals surface area contributed by atoms with Gasteiger partial charge in [0.05, 0.1) is 7.11 Å². The number of rotatable bonds is 6. The maximum atomic E-state index is 11.9. The van der Waals surface area contributed by atoms with Crippen LogP contribution >= 0.6 is 0 Å². The molecule has 0 radical (unpaired) electrons. The fourth-order valence-electron chi connectivity index (χ4n) is 4.63. The first kappa shape index (κ1) is 17.1. The first-order valence-electron chi connectivity index (χ1n) is 9.29. The first-order chi connectivity index (χ1) is 11.8. The molecule has 1 fully saturated rings. The summed E-state index contributed by atoms with van der Waals surface area (Å²) in [6.45, 7) is 3.96. The number of amides is 1. The molecule has 1 saturated carbocycles. The zero-order chi connectivity index (χ0) is 16.9. The van der Waals surface area contributed by atoms with Crippen LogP contribution in [0.15, 0.2) is 30.9 Å². The third-order valence-corrected chi connectivity index (χ3v) is 5.85. The molecule has 1 aromatic carbocycles. The number of carbonyl (C=O) groups is 1. The second kappa shape index (κ2) is 7.87. The van der Waals surface area contributed by atoms with Gasteiger partial charge in [0, 0.05) is 18.0 Å². The van der Waals surface area contributed by atoms with Gasteiger partial charge >= 0.3 is 0 Å². The van der Waals surface area contributed by atoms with Crippen LogP contribution in [0.5, 0.6) is 5.75 Å². The van der Waals surface area contributed by atoms with Crippen LogP contribution in [-0.4, -0.2) is 30.5 Å². The Morgan fingerprint density at radius 3 is 2.71 bits per heavy atom. The van der Waals surface area contributed by atoms with Gasteiger partial charge in [-0.05, 0) is 55.4 Å². The van der Waals surface area contributed by atoms with Crippen LogP contribution in [0.4, 0.5) is 0 Å². The van der Waals surface area contributed by atoms with E-state index in [-0.39, 0.29) is 0 Å². The zero-order valence-corrected chi connectivity index (χ0v) is 14.7. The average molecular weight is 327 g/mol. The number of ether oxygens (including phenoxy) is 1. The molecule has 0 aromatic heterocycles.